The van der Waals surface area contributed by atoms with Crippen molar-refractivity contribution in [2.75, 3.05) is 26.7 Å². The van der Waals surface area contributed by atoms with Crippen LogP contribution in [-0.2, 0) is 12.7 Å². The fraction of sp³-hybridized carbons (Fsp3) is 0.600. The van der Waals surface area contributed by atoms with E-state index in [2.05, 4.69) is 10.2 Å². The summed E-state index contributed by atoms with van der Waals surface area (Å²) in [7, 11) is 1.90. The van der Waals surface area contributed by atoms with Crippen LogP contribution in [-0.4, -0.2) is 31.6 Å². The third-order valence-electron chi connectivity index (χ3n) is 3.84. The molecule has 0 spiro atoms. The van der Waals surface area contributed by atoms with Crippen LogP contribution in [0.15, 0.2) is 18.2 Å². The first-order valence-electron chi connectivity index (χ1n) is 7.12. The van der Waals surface area contributed by atoms with Crippen LogP contribution >= 0.6 is 0 Å². The van der Waals surface area contributed by atoms with E-state index in [1.165, 1.54) is 6.07 Å². The molecule has 1 fully saturated rings. The Labute approximate surface area is 122 Å². The van der Waals surface area contributed by atoms with E-state index in [4.69, 9.17) is 0 Å². The molecule has 0 aromatic heterocycles. The monoisotopic (exact) mass is 304 g/mol. The molecule has 0 bridgehead atoms. The van der Waals surface area contributed by atoms with Crippen molar-refractivity contribution >= 4 is 0 Å². The van der Waals surface area contributed by atoms with Crippen LogP contribution in [0.1, 0.15) is 24.0 Å². The molecule has 2 rings (SSSR count). The van der Waals surface area contributed by atoms with Gasteiger partial charge in [0.05, 0.1) is 5.56 Å². The molecular weight excluding hydrogens is 284 g/mol. The maximum atomic E-state index is 13.3. The Balaban J connectivity index is 2.06. The van der Waals surface area contributed by atoms with Gasteiger partial charge in [0.1, 0.15) is 5.82 Å². The molecule has 0 amide bonds. The summed E-state index contributed by atoms with van der Waals surface area (Å²) < 4.78 is 51.4. The highest BCUT2D eigenvalue weighted by molar-refractivity contribution is 5.27. The number of nitrogens with one attached hydrogen (secondary N) is 1. The number of nitrogens with zero attached hydrogens (tertiary/aromatic N) is 1. The van der Waals surface area contributed by atoms with Gasteiger partial charge in [0.25, 0.3) is 0 Å². The third-order valence-corrected chi connectivity index (χ3v) is 3.84. The van der Waals surface area contributed by atoms with E-state index in [9.17, 15) is 17.6 Å². The lowest BCUT2D eigenvalue weighted by Crippen LogP contribution is -2.38. The highest BCUT2D eigenvalue weighted by Crippen LogP contribution is 2.32. The molecule has 1 unspecified atom stereocenters. The molecule has 2 nitrogen and oxygen atoms in total. The van der Waals surface area contributed by atoms with Crippen molar-refractivity contribution in [3.63, 3.8) is 0 Å². The smallest absolute Gasteiger partial charge is 0.319 e. The van der Waals surface area contributed by atoms with Crippen molar-refractivity contribution in [2.45, 2.75) is 25.6 Å². The van der Waals surface area contributed by atoms with Crippen molar-refractivity contribution in [3.05, 3.63) is 35.1 Å². The van der Waals surface area contributed by atoms with Crippen molar-refractivity contribution in [1.29, 1.82) is 0 Å². The highest BCUT2D eigenvalue weighted by atomic mass is 19.4. The van der Waals surface area contributed by atoms with Crippen molar-refractivity contribution in [3.8, 4) is 0 Å². The number of hydrogen-bond acceptors (Lipinski definition) is 2. The molecule has 21 heavy (non-hydrogen) atoms. The standard InChI is InChI=1S/C15H20F4N2/c1-20-8-12-3-2-6-21(10-12)9-11-4-5-14(16)13(7-11)15(17,18)19/h4-5,7,12,20H,2-3,6,8-10H2,1H3. The average molecular weight is 304 g/mol. The molecule has 1 saturated heterocycles. The molecule has 0 aliphatic carbocycles. The molecule has 1 N–H and O–H groups in total. The molecule has 1 heterocycles. The number of likely N-dealkylation sites (tertiary alicyclic amines) is 1. The van der Waals surface area contributed by atoms with Gasteiger partial charge in [-0.15, -0.1) is 0 Å². The number of hydrogen-bond donors (Lipinski definition) is 1. The normalized spacial score (nSPS) is 20.7. The largest absolute Gasteiger partial charge is 0.419 e. The minimum Gasteiger partial charge on any atom is -0.319 e. The van der Waals surface area contributed by atoms with Crippen LogP contribution in [0.25, 0.3) is 0 Å². The molecule has 1 atom stereocenters. The van der Waals surface area contributed by atoms with Crippen LogP contribution in [0.2, 0.25) is 0 Å². The lowest BCUT2D eigenvalue weighted by atomic mass is 9.97. The molecule has 0 radical (unpaired) electrons. The summed E-state index contributed by atoms with van der Waals surface area (Å²) in [5.74, 6) is -0.691. The highest BCUT2D eigenvalue weighted by Gasteiger charge is 2.34. The number of alkyl halides is 3. The second-order valence-corrected chi connectivity index (χ2v) is 5.61. The molecule has 1 aromatic carbocycles. The van der Waals surface area contributed by atoms with Crippen LogP contribution < -0.4 is 5.32 Å². The van der Waals surface area contributed by atoms with Crippen LogP contribution in [0.3, 0.4) is 0 Å². The van der Waals surface area contributed by atoms with Crippen LogP contribution in [0.5, 0.6) is 0 Å². The number of piperidine rings is 1. The number of halogens is 4. The Morgan fingerprint density at radius 1 is 1.33 bits per heavy atom. The summed E-state index contributed by atoms with van der Waals surface area (Å²) in [5, 5.41) is 3.13. The second-order valence-electron chi connectivity index (χ2n) is 5.61. The Bertz CT molecular complexity index is 471. The summed E-state index contributed by atoms with van der Waals surface area (Å²) in [6, 6.07) is 3.27. The van der Waals surface area contributed by atoms with Gasteiger partial charge in [0, 0.05) is 13.1 Å². The summed E-state index contributed by atoms with van der Waals surface area (Å²) >= 11 is 0. The Morgan fingerprint density at radius 2 is 2.10 bits per heavy atom. The SMILES string of the molecule is CNCC1CCCN(Cc2ccc(F)c(C(F)(F)F)c2)C1. The summed E-state index contributed by atoms with van der Waals surface area (Å²) in [5.41, 5.74) is -0.669. The van der Waals surface area contributed by atoms with E-state index in [1.54, 1.807) is 0 Å². The van der Waals surface area contributed by atoms with Gasteiger partial charge in [0.2, 0.25) is 0 Å². The van der Waals surface area contributed by atoms with Gasteiger partial charge < -0.3 is 5.32 Å². The second kappa shape index (κ2) is 6.75. The van der Waals surface area contributed by atoms with Gasteiger partial charge in [-0.2, -0.15) is 13.2 Å². The van der Waals surface area contributed by atoms with Crippen molar-refractivity contribution < 1.29 is 17.6 Å². The number of rotatable bonds is 4. The van der Waals surface area contributed by atoms with E-state index < -0.39 is 17.6 Å². The summed E-state index contributed by atoms with van der Waals surface area (Å²) in [6.45, 7) is 3.08. The van der Waals surface area contributed by atoms with E-state index in [1.807, 2.05) is 7.05 Å². The molecule has 1 aliphatic rings. The zero-order valence-electron chi connectivity index (χ0n) is 12.0. The molecular formula is C15H20F4N2. The van der Waals surface area contributed by atoms with Gasteiger partial charge in [-0.1, -0.05) is 6.07 Å². The Kier molecular flexibility index (Phi) is 5.22. The van der Waals surface area contributed by atoms with Gasteiger partial charge >= 0.3 is 6.18 Å². The molecule has 0 saturated carbocycles. The Morgan fingerprint density at radius 3 is 2.76 bits per heavy atom. The van der Waals surface area contributed by atoms with Gasteiger partial charge in [-0.3, -0.25) is 4.90 Å². The van der Waals surface area contributed by atoms with E-state index in [0.29, 0.717) is 18.0 Å². The van der Waals surface area contributed by atoms with E-state index in [-0.39, 0.29) is 0 Å². The predicted octanol–water partition coefficient (Wildman–Crippen LogP) is 3.28. The molecule has 1 aliphatic heterocycles. The van der Waals surface area contributed by atoms with Gasteiger partial charge in [-0.05, 0) is 56.6 Å². The predicted molar refractivity (Wildman–Crippen MR) is 73.3 cm³/mol. The average Bonchev–Trinajstić information content (AvgIpc) is 2.40. The van der Waals surface area contributed by atoms with Crippen LogP contribution in [0, 0.1) is 11.7 Å². The minimum absolute atomic E-state index is 0.434. The number of benzene rings is 1. The first-order valence-corrected chi connectivity index (χ1v) is 7.12. The quantitative estimate of drug-likeness (QED) is 0.859. The fourth-order valence-electron chi connectivity index (χ4n) is 2.90. The first-order chi connectivity index (χ1) is 9.90. The summed E-state index contributed by atoms with van der Waals surface area (Å²) in [6.07, 6.45) is -2.47. The first kappa shape index (κ1) is 16.2. The van der Waals surface area contributed by atoms with Gasteiger partial charge in [0.15, 0.2) is 0 Å². The summed E-state index contributed by atoms with van der Waals surface area (Å²) in [4.78, 5) is 2.14. The zero-order valence-corrected chi connectivity index (χ0v) is 12.0. The fourth-order valence-corrected chi connectivity index (χ4v) is 2.90. The van der Waals surface area contributed by atoms with Crippen molar-refractivity contribution in [2.24, 2.45) is 5.92 Å². The Hall–Kier alpha value is -1.14. The van der Waals surface area contributed by atoms with E-state index in [0.717, 1.165) is 44.6 Å². The third kappa shape index (κ3) is 4.41. The lowest BCUT2D eigenvalue weighted by Gasteiger charge is -2.32. The molecule has 1 aromatic rings. The zero-order chi connectivity index (χ0) is 15.5. The van der Waals surface area contributed by atoms with Gasteiger partial charge in [-0.25, -0.2) is 4.39 Å². The maximum absolute atomic E-state index is 13.3. The molecule has 6 heteroatoms. The van der Waals surface area contributed by atoms with Crippen LogP contribution in [0.4, 0.5) is 17.6 Å². The lowest BCUT2D eigenvalue weighted by molar-refractivity contribution is -0.140. The topological polar surface area (TPSA) is 15.3 Å². The maximum Gasteiger partial charge on any atom is 0.419 e. The van der Waals surface area contributed by atoms with E-state index >= 15 is 0 Å². The molecule has 118 valence electrons. The minimum atomic E-state index is -4.64. The van der Waals surface area contributed by atoms with Crippen molar-refractivity contribution in [1.82, 2.24) is 10.2 Å².